The molecule has 1 saturated carbocycles. The van der Waals surface area contributed by atoms with E-state index in [1.165, 1.54) is 4.90 Å². The Morgan fingerprint density at radius 2 is 1.96 bits per heavy atom. The molecule has 3 rings (SSSR count). The second-order valence-electron chi connectivity index (χ2n) is 6.91. The summed E-state index contributed by atoms with van der Waals surface area (Å²) in [6.45, 7) is 1.50. The molecule has 1 fully saturated rings. The molecule has 2 N–H and O–H groups in total. The van der Waals surface area contributed by atoms with Crippen molar-refractivity contribution in [1.82, 2.24) is 5.32 Å². The topological polar surface area (TPSA) is 95.9 Å². The van der Waals surface area contributed by atoms with E-state index in [0.717, 1.165) is 19.3 Å². The van der Waals surface area contributed by atoms with Crippen LogP contribution in [-0.4, -0.2) is 41.6 Å². The number of anilines is 1. The Balaban J connectivity index is 1.72. The Bertz CT molecular complexity index is 705. The van der Waals surface area contributed by atoms with E-state index in [-0.39, 0.29) is 18.4 Å². The lowest BCUT2D eigenvalue weighted by Gasteiger charge is -2.33. The number of carbonyl (C=O) groups is 3. The molecule has 140 valence electrons. The Morgan fingerprint density at radius 3 is 2.73 bits per heavy atom. The standard InChI is InChI=1S/C19H24N2O5/c1-12-18(23)21(15-9-5-6-10-16(15)26-12)11-17(22)20-14-8-4-2-3-7-13(14)19(24)25/h5-6,9-10,12-14H,2-4,7-8,11H2,1H3,(H,20,22)(H,24,25)/t12?,13-,14+/m1/s1. The Morgan fingerprint density at radius 1 is 1.23 bits per heavy atom. The first-order valence-corrected chi connectivity index (χ1v) is 9.06. The number of ether oxygens (including phenoxy) is 1. The van der Waals surface area contributed by atoms with Crippen molar-refractivity contribution in [2.45, 2.75) is 51.2 Å². The second-order valence-corrected chi connectivity index (χ2v) is 6.91. The van der Waals surface area contributed by atoms with Crippen molar-refractivity contribution < 1.29 is 24.2 Å². The van der Waals surface area contributed by atoms with E-state index in [2.05, 4.69) is 5.32 Å². The van der Waals surface area contributed by atoms with Gasteiger partial charge in [-0.2, -0.15) is 0 Å². The molecule has 2 amide bonds. The molecule has 7 heteroatoms. The SMILES string of the molecule is CC1Oc2ccccc2N(CC(=O)N[C@H]2CCCCC[C@H]2C(=O)O)C1=O. The zero-order chi connectivity index (χ0) is 18.7. The highest BCUT2D eigenvalue weighted by atomic mass is 16.5. The van der Waals surface area contributed by atoms with Crippen molar-refractivity contribution in [3.05, 3.63) is 24.3 Å². The fraction of sp³-hybridized carbons (Fsp3) is 0.526. The summed E-state index contributed by atoms with van der Waals surface area (Å²) >= 11 is 0. The number of nitrogens with one attached hydrogen (secondary N) is 1. The van der Waals surface area contributed by atoms with Gasteiger partial charge in [-0.25, -0.2) is 0 Å². The first kappa shape index (κ1) is 18.2. The molecule has 0 aromatic heterocycles. The zero-order valence-corrected chi connectivity index (χ0v) is 14.8. The van der Waals surface area contributed by atoms with Crippen LogP contribution in [0.15, 0.2) is 24.3 Å². The van der Waals surface area contributed by atoms with Gasteiger partial charge in [-0.15, -0.1) is 0 Å². The number of nitrogens with zero attached hydrogens (tertiary/aromatic N) is 1. The van der Waals surface area contributed by atoms with Crippen LogP contribution in [0.2, 0.25) is 0 Å². The Kier molecular flexibility index (Phi) is 5.44. The van der Waals surface area contributed by atoms with Crippen molar-refractivity contribution in [3.8, 4) is 5.75 Å². The van der Waals surface area contributed by atoms with Crippen molar-refractivity contribution in [2.24, 2.45) is 5.92 Å². The number of carbonyl (C=O) groups excluding carboxylic acids is 2. The summed E-state index contributed by atoms with van der Waals surface area (Å²) in [4.78, 5) is 38.0. The fourth-order valence-corrected chi connectivity index (χ4v) is 3.69. The molecule has 1 aromatic rings. The molecule has 7 nitrogen and oxygen atoms in total. The van der Waals surface area contributed by atoms with Gasteiger partial charge in [0.15, 0.2) is 6.10 Å². The third-order valence-electron chi connectivity index (χ3n) is 5.05. The van der Waals surface area contributed by atoms with E-state index in [0.29, 0.717) is 24.3 Å². The van der Waals surface area contributed by atoms with E-state index in [1.54, 1.807) is 25.1 Å². The molecule has 1 aliphatic carbocycles. The number of rotatable bonds is 4. The van der Waals surface area contributed by atoms with Crippen LogP contribution in [0.5, 0.6) is 5.75 Å². The average Bonchev–Trinajstić information content (AvgIpc) is 2.84. The maximum absolute atomic E-state index is 12.6. The molecule has 1 heterocycles. The Hall–Kier alpha value is -2.57. The van der Waals surface area contributed by atoms with Gasteiger partial charge in [0.1, 0.15) is 12.3 Å². The molecule has 1 aromatic carbocycles. The second kappa shape index (κ2) is 7.76. The molecule has 0 bridgehead atoms. The first-order chi connectivity index (χ1) is 12.5. The van der Waals surface area contributed by atoms with Gasteiger partial charge in [0, 0.05) is 6.04 Å². The Labute approximate surface area is 152 Å². The lowest BCUT2D eigenvalue weighted by atomic mass is 9.95. The largest absolute Gasteiger partial charge is 0.481 e. The monoisotopic (exact) mass is 360 g/mol. The first-order valence-electron chi connectivity index (χ1n) is 9.06. The van der Waals surface area contributed by atoms with Crippen LogP contribution in [0.3, 0.4) is 0 Å². The molecule has 3 atom stereocenters. The van der Waals surface area contributed by atoms with Crippen LogP contribution in [0.4, 0.5) is 5.69 Å². The van der Waals surface area contributed by atoms with Gasteiger partial charge < -0.3 is 15.2 Å². The number of amides is 2. The predicted octanol–water partition coefficient (Wildman–Crippen LogP) is 1.95. The number of carboxylic acids is 1. The third kappa shape index (κ3) is 3.81. The normalized spacial score (nSPS) is 25.7. The zero-order valence-electron chi connectivity index (χ0n) is 14.8. The molecule has 2 aliphatic rings. The molecule has 0 radical (unpaired) electrons. The van der Waals surface area contributed by atoms with E-state index < -0.39 is 24.0 Å². The van der Waals surface area contributed by atoms with Gasteiger partial charge >= 0.3 is 5.97 Å². The fourth-order valence-electron chi connectivity index (χ4n) is 3.69. The van der Waals surface area contributed by atoms with Crippen LogP contribution < -0.4 is 15.0 Å². The molecular weight excluding hydrogens is 336 g/mol. The number of fused-ring (bicyclic) bond motifs is 1. The van der Waals surface area contributed by atoms with Gasteiger partial charge in [0.05, 0.1) is 11.6 Å². The third-order valence-corrected chi connectivity index (χ3v) is 5.05. The molecule has 1 unspecified atom stereocenters. The predicted molar refractivity (Wildman–Crippen MR) is 95.0 cm³/mol. The highest BCUT2D eigenvalue weighted by Gasteiger charge is 2.34. The lowest BCUT2D eigenvalue weighted by Crippen LogP contribution is -2.51. The number of aliphatic carboxylic acids is 1. The van der Waals surface area contributed by atoms with Gasteiger partial charge in [-0.3, -0.25) is 19.3 Å². The molecular formula is C19H24N2O5. The van der Waals surface area contributed by atoms with Crippen LogP contribution >= 0.6 is 0 Å². The number of hydrogen-bond donors (Lipinski definition) is 2. The van der Waals surface area contributed by atoms with Gasteiger partial charge in [0.25, 0.3) is 5.91 Å². The van der Waals surface area contributed by atoms with Crippen LogP contribution in [0.1, 0.15) is 39.0 Å². The van der Waals surface area contributed by atoms with E-state index in [1.807, 2.05) is 6.07 Å². The highest BCUT2D eigenvalue weighted by molar-refractivity contribution is 6.03. The number of carboxylic acid groups (broad SMARTS) is 1. The minimum atomic E-state index is -0.876. The molecule has 0 saturated heterocycles. The number of para-hydroxylation sites is 2. The summed E-state index contributed by atoms with van der Waals surface area (Å²) in [7, 11) is 0. The van der Waals surface area contributed by atoms with E-state index in [9.17, 15) is 19.5 Å². The van der Waals surface area contributed by atoms with Crippen molar-refractivity contribution >= 4 is 23.5 Å². The highest BCUT2D eigenvalue weighted by Crippen LogP contribution is 2.33. The maximum atomic E-state index is 12.6. The minimum absolute atomic E-state index is 0.146. The summed E-state index contributed by atoms with van der Waals surface area (Å²) in [5, 5.41) is 12.3. The van der Waals surface area contributed by atoms with Gasteiger partial charge in [0.2, 0.25) is 5.91 Å². The quantitative estimate of drug-likeness (QED) is 0.800. The molecule has 0 spiro atoms. The number of benzene rings is 1. The van der Waals surface area contributed by atoms with E-state index >= 15 is 0 Å². The van der Waals surface area contributed by atoms with E-state index in [4.69, 9.17) is 4.74 Å². The summed E-state index contributed by atoms with van der Waals surface area (Å²) in [5.74, 6) is -1.52. The molecule has 1 aliphatic heterocycles. The minimum Gasteiger partial charge on any atom is -0.481 e. The molecule has 26 heavy (non-hydrogen) atoms. The summed E-state index contributed by atoms with van der Waals surface area (Å²) < 4.78 is 5.57. The van der Waals surface area contributed by atoms with Crippen LogP contribution in [0, 0.1) is 5.92 Å². The van der Waals surface area contributed by atoms with Gasteiger partial charge in [-0.1, -0.05) is 31.4 Å². The lowest BCUT2D eigenvalue weighted by molar-refractivity contribution is -0.143. The summed E-state index contributed by atoms with van der Waals surface area (Å²) in [5.41, 5.74) is 0.557. The van der Waals surface area contributed by atoms with Crippen LogP contribution in [-0.2, 0) is 14.4 Å². The van der Waals surface area contributed by atoms with Crippen molar-refractivity contribution in [3.63, 3.8) is 0 Å². The summed E-state index contributed by atoms with van der Waals surface area (Å²) in [6, 6.07) is 6.68. The van der Waals surface area contributed by atoms with Gasteiger partial charge in [-0.05, 0) is 31.9 Å². The van der Waals surface area contributed by atoms with Crippen molar-refractivity contribution in [2.75, 3.05) is 11.4 Å². The van der Waals surface area contributed by atoms with Crippen LogP contribution in [0.25, 0.3) is 0 Å². The number of hydrogen-bond acceptors (Lipinski definition) is 4. The smallest absolute Gasteiger partial charge is 0.308 e. The van der Waals surface area contributed by atoms with Crippen molar-refractivity contribution in [1.29, 1.82) is 0 Å². The maximum Gasteiger partial charge on any atom is 0.308 e. The summed E-state index contributed by atoms with van der Waals surface area (Å²) in [6.07, 6.45) is 3.27. The average molecular weight is 360 g/mol.